The summed E-state index contributed by atoms with van der Waals surface area (Å²) in [5.41, 5.74) is 6.48. The lowest BCUT2D eigenvalue weighted by Crippen LogP contribution is -2.21. The van der Waals surface area contributed by atoms with Crippen LogP contribution in [0, 0.1) is 11.8 Å². The Balaban J connectivity index is 2.09. The van der Waals surface area contributed by atoms with E-state index in [2.05, 4.69) is 24.8 Å². The molecule has 2 rings (SSSR count). The predicted molar refractivity (Wildman–Crippen MR) is 90.9 cm³/mol. The normalized spacial score (nSPS) is 11.8. The molecule has 0 bridgehead atoms. The van der Waals surface area contributed by atoms with Crippen molar-refractivity contribution >= 4 is 10.8 Å². The Labute approximate surface area is 132 Å². The molecule has 0 saturated carbocycles. The van der Waals surface area contributed by atoms with E-state index in [9.17, 15) is 0 Å². The van der Waals surface area contributed by atoms with Crippen molar-refractivity contribution in [1.82, 2.24) is 0 Å². The molecule has 0 radical (unpaired) electrons. The van der Waals surface area contributed by atoms with Crippen LogP contribution in [0.3, 0.4) is 0 Å². The maximum absolute atomic E-state index is 8.88. The quantitative estimate of drug-likeness (QED) is 0.636. The van der Waals surface area contributed by atoms with E-state index in [1.807, 2.05) is 30.3 Å². The fourth-order valence-corrected chi connectivity index (χ4v) is 2.16. The lowest BCUT2D eigenvalue weighted by atomic mass is 10.1. The van der Waals surface area contributed by atoms with E-state index in [-0.39, 0.29) is 6.61 Å². The van der Waals surface area contributed by atoms with Crippen molar-refractivity contribution in [2.75, 3.05) is 13.2 Å². The molecule has 3 nitrogen and oxygen atoms in total. The highest BCUT2D eigenvalue weighted by atomic mass is 16.5. The van der Waals surface area contributed by atoms with Gasteiger partial charge in [-0.1, -0.05) is 43.7 Å². The van der Waals surface area contributed by atoms with E-state index in [1.54, 1.807) is 0 Å². The maximum atomic E-state index is 8.88. The smallest absolute Gasteiger partial charge is 0.119 e. The lowest BCUT2D eigenvalue weighted by molar-refractivity contribution is 0.287. The first-order chi connectivity index (χ1) is 10.7. The Morgan fingerprint density at radius 3 is 2.68 bits per heavy atom. The second-order valence-corrected chi connectivity index (χ2v) is 5.34. The number of fused-ring (bicyclic) bond motifs is 1. The molecule has 0 aliphatic heterocycles. The van der Waals surface area contributed by atoms with Crippen molar-refractivity contribution in [2.24, 2.45) is 5.73 Å². The SMILES string of the molecule is CCCCCOc1ccc2cc(C#CC(N)CO)ccc2c1. The minimum absolute atomic E-state index is 0.126. The molecule has 3 heteroatoms. The minimum Gasteiger partial charge on any atom is -0.494 e. The number of rotatable bonds is 6. The zero-order valence-corrected chi connectivity index (χ0v) is 13.0. The number of ether oxygens (including phenoxy) is 1. The number of aliphatic hydroxyl groups is 1. The first kappa shape index (κ1) is 16.4. The van der Waals surface area contributed by atoms with Gasteiger partial charge >= 0.3 is 0 Å². The Bertz CT molecular complexity index is 670. The second-order valence-electron chi connectivity index (χ2n) is 5.34. The molecule has 0 heterocycles. The topological polar surface area (TPSA) is 55.5 Å². The van der Waals surface area contributed by atoms with Crippen molar-refractivity contribution in [1.29, 1.82) is 0 Å². The fraction of sp³-hybridized carbons (Fsp3) is 0.368. The average molecular weight is 297 g/mol. The zero-order chi connectivity index (χ0) is 15.8. The summed E-state index contributed by atoms with van der Waals surface area (Å²) in [6, 6.07) is 11.6. The number of hydrogen-bond donors (Lipinski definition) is 2. The van der Waals surface area contributed by atoms with Crippen LogP contribution >= 0.6 is 0 Å². The molecular formula is C19H23NO2. The summed E-state index contributed by atoms with van der Waals surface area (Å²) >= 11 is 0. The van der Waals surface area contributed by atoms with Gasteiger partial charge in [-0.2, -0.15) is 0 Å². The Hall–Kier alpha value is -2.02. The van der Waals surface area contributed by atoms with E-state index in [1.165, 1.54) is 12.8 Å². The third kappa shape index (κ3) is 4.77. The summed E-state index contributed by atoms with van der Waals surface area (Å²) in [7, 11) is 0. The Morgan fingerprint density at radius 1 is 1.14 bits per heavy atom. The summed E-state index contributed by atoms with van der Waals surface area (Å²) in [5.74, 6) is 6.71. The van der Waals surface area contributed by atoms with Crippen LogP contribution in [-0.2, 0) is 0 Å². The van der Waals surface area contributed by atoms with Crippen LogP contribution in [-0.4, -0.2) is 24.4 Å². The predicted octanol–water partition coefficient (Wildman–Crippen LogP) is 3.08. The van der Waals surface area contributed by atoms with Crippen LogP contribution in [0.1, 0.15) is 31.7 Å². The van der Waals surface area contributed by atoms with Gasteiger partial charge in [-0.15, -0.1) is 0 Å². The molecule has 0 amide bonds. The van der Waals surface area contributed by atoms with Crippen LogP contribution < -0.4 is 10.5 Å². The molecule has 0 saturated heterocycles. The molecule has 2 aromatic carbocycles. The van der Waals surface area contributed by atoms with Gasteiger partial charge in [0.2, 0.25) is 0 Å². The number of unbranched alkanes of at least 4 members (excludes halogenated alkanes) is 2. The van der Waals surface area contributed by atoms with Crippen LogP contribution in [0.4, 0.5) is 0 Å². The van der Waals surface area contributed by atoms with Crippen molar-refractivity contribution in [3.63, 3.8) is 0 Å². The highest BCUT2D eigenvalue weighted by molar-refractivity contribution is 5.85. The van der Waals surface area contributed by atoms with Gasteiger partial charge in [-0.25, -0.2) is 0 Å². The number of nitrogens with two attached hydrogens (primary N) is 1. The van der Waals surface area contributed by atoms with Gasteiger partial charge in [-0.3, -0.25) is 0 Å². The molecule has 1 atom stereocenters. The van der Waals surface area contributed by atoms with Gasteiger partial charge in [0, 0.05) is 5.56 Å². The molecule has 3 N–H and O–H groups in total. The first-order valence-corrected chi connectivity index (χ1v) is 7.77. The van der Waals surface area contributed by atoms with E-state index < -0.39 is 6.04 Å². The van der Waals surface area contributed by atoms with Gasteiger partial charge in [0.15, 0.2) is 0 Å². The second kappa shape index (κ2) is 8.43. The highest BCUT2D eigenvalue weighted by Crippen LogP contribution is 2.22. The van der Waals surface area contributed by atoms with E-state index in [0.29, 0.717) is 0 Å². The van der Waals surface area contributed by atoms with E-state index >= 15 is 0 Å². The van der Waals surface area contributed by atoms with Crippen LogP contribution in [0.2, 0.25) is 0 Å². The fourth-order valence-electron chi connectivity index (χ4n) is 2.16. The van der Waals surface area contributed by atoms with Crippen molar-refractivity contribution in [2.45, 2.75) is 32.2 Å². The summed E-state index contributed by atoms with van der Waals surface area (Å²) in [5, 5.41) is 11.1. The zero-order valence-electron chi connectivity index (χ0n) is 13.0. The van der Waals surface area contributed by atoms with Gasteiger partial charge in [0.05, 0.1) is 19.3 Å². The van der Waals surface area contributed by atoms with Crippen LogP contribution in [0.15, 0.2) is 36.4 Å². The van der Waals surface area contributed by atoms with E-state index in [0.717, 1.165) is 35.1 Å². The molecule has 22 heavy (non-hydrogen) atoms. The van der Waals surface area contributed by atoms with Gasteiger partial charge in [-0.05, 0) is 41.5 Å². The molecule has 0 aliphatic rings. The highest BCUT2D eigenvalue weighted by Gasteiger charge is 1.99. The summed E-state index contributed by atoms with van der Waals surface area (Å²) in [6.07, 6.45) is 3.49. The first-order valence-electron chi connectivity index (χ1n) is 7.77. The molecule has 1 unspecified atom stereocenters. The molecular weight excluding hydrogens is 274 g/mol. The maximum Gasteiger partial charge on any atom is 0.119 e. The number of hydrogen-bond acceptors (Lipinski definition) is 3. The van der Waals surface area contributed by atoms with Crippen molar-refractivity contribution in [3.8, 4) is 17.6 Å². The summed E-state index contributed by atoms with van der Waals surface area (Å²) in [4.78, 5) is 0. The third-order valence-corrected chi connectivity index (χ3v) is 3.43. The van der Waals surface area contributed by atoms with Crippen LogP contribution in [0.5, 0.6) is 5.75 Å². The van der Waals surface area contributed by atoms with Crippen molar-refractivity contribution < 1.29 is 9.84 Å². The summed E-state index contributed by atoms with van der Waals surface area (Å²) in [6.45, 7) is 2.82. The lowest BCUT2D eigenvalue weighted by Gasteiger charge is -2.07. The molecule has 0 fully saturated rings. The van der Waals surface area contributed by atoms with Crippen molar-refractivity contribution in [3.05, 3.63) is 42.0 Å². The van der Waals surface area contributed by atoms with Gasteiger partial charge in [0.1, 0.15) is 5.75 Å². The monoisotopic (exact) mass is 297 g/mol. The Morgan fingerprint density at radius 2 is 1.91 bits per heavy atom. The summed E-state index contributed by atoms with van der Waals surface area (Å²) < 4.78 is 5.77. The van der Waals surface area contributed by atoms with Crippen LogP contribution in [0.25, 0.3) is 10.8 Å². The third-order valence-electron chi connectivity index (χ3n) is 3.43. The number of benzene rings is 2. The molecule has 0 aromatic heterocycles. The minimum atomic E-state index is -0.491. The standard InChI is InChI=1S/C19H23NO2/c1-2-3-4-11-22-19-10-8-16-12-15(5-7-17(16)13-19)6-9-18(20)14-21/h5,7-8,10,12-13,18,21H,2-4,11,14,20H2,1H3. The van der Waals surface area contributed by atoms with E-state index in [4.69, 9.17) is 15.6 Å². The molecule has 116 valence electrons. The Kier molecular flexibility index (Phi) is 6.27. The largest absolute Gasteiger partial charge is 0.494 e. The molecule has 0 aliphatic carbocycles. The molecule has 0 spiro atoms. The van der Waals surface area contributed by atoms with Gasteiger partial charge in [0.25, 0.3) is 0 Å². The molecule has 2 aromatic rings. The average Bonchev–Trinajstić information content (AvgIpc) is 2.56. The number of aliphatic hydroxyl groups excluding tert-OH is 1. The van der Waals surface area contributed by atoms with Gasteiger partial charge < -0.3 is 15.6 Å².